The summed E-state index contributed by atoms with van der Waals surface area (Å²) in [6.45, 7) is 0. The smallest absolute Gasteiger partial charge is 0.164 e. The summed E-state index contributed by atoms with van der Waals surface area (Å²) in [7, 11) is 0. The fourth-order valence-corrected chi connectivity index (χ4v) is 8.77. The molecule has 6 heteroatoms. The monoisotopic (exact) mass is 732 g/mol. The van der Waals surface area contributed by atoms with Gasteiger partial charge in [-0.2, -0.15) is 0 Å². The molecule has 12 rings (SSSR count). The molecule has 0 amide bonds. The number of rotatable bonds is 5. The van der Waals surface area contributed by atoms with E-state index in [1.54, 1.807) is 0 Å². The Labute approximate surface area is 327 Å². The molecule has 4 heterocycles. The summed E-state index contributed by atoms with van der Waals surface area (Å²) in [5.74, 6) is 2.69. The number of fused-ring (bicyclic) bond motifs is 9. The zero-order valence-electron chi connectivity index (χ0n) is 30.6. The first kappa shape index (κ1) is 31.7. The van der Waals surface area contributed by atoms with Crippen LogP contribution in [0.25, 0.3) is 106 Å². The van der Waals surface area contributed by atoms with Gasteiger partial charge in [-0.15, -0.1) is 0 Å². The van der Waals surface area contributed by atoms with Crippen LogP contribution in [0.3, 0.4) is 0 Å². The second-order valence-corrected chi connectivity index (χ2v) is 14.7. The maximum absolute atomic E-state index is 6.72. The lowest BCUT2D eigenvalue weighted by Crippen LogP contribution is -2.12. The molecule has 0 bridgehead atoms. The lowest BCUT2D eigenvalue weighted by atomic mass is 9.94. The van der Waals surface area contributed by atoms with E-state index in [2.05, 4.69) is 132 Å². The molecule has 57 heavy (non-hydrogen) atoms. The summed E-state index contributed by atoms with van der Waals surface area (Å²) >= 11 is 0. The molecular weight excluding hydrogens is 701 g/mol. The van der Waals surface area contributed by atoms with Crippen molar-refractivity contribution in [1.29, 1.82) is 0 Å². The molecule has 1 aliphatic rings. The molecule has 1 unspecified atom stereocenters. The minimum absolute atomic E-state index is 0.00619. The van der Waals surface area contributed by atoms with Crippen molar-refractivity contribution >= 4 is 60.8 Å². The Bertz CT molecular complexity index is 3390. The van der Waals surface area contributed by atoms with Crippen molar-refractivity contribution in [3.63, 3.8) is 0 Å². The fraction of sp³-hybridized carbons (Fsp3) is 0.0392. The molecular formula is C51H32N4O2. The van der Waals surface area contributed by atoms with E-state index >= 15 is 0 Å². The van der Waals surface area contributed by atoms with Crippen molar-refractivity contribution in [2.75, 3.05) is 0 Å². The van der Waals surface area contributed by atoms with Gasteiger partial charge in [0.2, 0.25) is 0 Å². The Morgan fingerprint density at radius 1 is 0.421 bits per heavy atom. The van der Waals surface area contributed by atoms with Crippen molar-refractivity contribution < 1.29 is 8.83 Å². The predicted molar refractivity (Wildman–Crippen MR) is 230 cm³/mol. The molecule has 0 saturated heterocycles. The van der Waals surface area contributed by atoms with E-state index < -0.39 is 0 Å². The lowest BCUT2D eigenvalue weighted by molar-refractivity contribution is 0.562. The third-order valence-corrected chi connectivity index (χ3v) is 11.4. The molecule has 0 radical (unpaired) electrons. The molecule has 1 aliphatic carbocycles. The van der Waals surface area contributed by atoms with E-state index in [0.717, 1.165) is 78.4 Å². The van der Waals surface area contributed by atoms with Gasteiger partial charge < -0.3 is 13.4 Å². The van der Waals surface area contributed by atoms with Gasteiger partial charge in [0, 0.05) is 60.8 Å². The van der Waals surface area contributed by atoms with E-state index in [1.165, 1.54) is 21.9 Å². The van der Waals surface area contributed by atoms with E-state index in [1.807, 2.05) is 48.5 Å². The molecule has 11 aromatic rings. The Kier molecular flexibility index (Phi) is 6.95. The first-order chi connectivity index (χ1) is 28.2. The maximum Gasteiger partial charge on any atom is 0.164 e. The van der Waals surface area contributed by atoms with Gasteiger partial charge in [0.25, 0.3) is 0 Å². The SMILES string of the molecule is C1=Cc2oc3cc(-c4nc(-c5ccccc5)nc(-c5cccc(-c6ccccc6)c5)n4)ccc3c2C(n2c3ccccc3c3cc4c(cc32)oc2ccccc24)C1. The van der Waals surface area contributed by atoms with Crippen molar-refractivity contribution in [1.82, 2.24) is 19.5 Å². The molecule has 0 aliphatic heterocycles. The number of furan rings is 2. The Morgan fingerprint density at radius 2 is 1.07 bits per heavy atom. The highest BCUT2D eigenvalue weighted by Gasteiger charge is 2.29. The summed E-state index contributed by atoms with van der Waals surface area (Å²) < 4.78 is 15.6. The van der Waals surface area contributed by atoms with E-state index in [9.17, 15) is 0 Å². The van der Waals surface area contributed by atoms with Crippen molar-refractivity contribution in [3.05, 3.63) is 181 Å². The molecule has 6 nitrogen and oxygen atoms in total. The fourth-order valence-electron chi connectivity index (χ4n) is 8.77. The zero-order valence-corrected chi connectivity index (χ0v) is 30.6. The van der Waals surface area contributed by atoms with Gasteiger partial charge in [-0.25, -0.2) is 15.0 Å². The van der Waals surface area contributed by atoms with Gasteiger partial charge in [0.05, 0.1) is 11.6 Å². The highest BCUT2D eigenvalue weighted by atomic mass is 16.3. The molecule has 7 aromatic carbocycles. The molecule has 0 fully saturated rings. The molecule has 0 N–H and O–H groups in total. The van der Waals surface area contributed by atoms with Crippen molar-refractivity contribution in [2.24, 2.45) is 0 Å². The average Bonchev–Trinajstić information content (AvgIpc) is 3.95. The van der Waals surface area contributed by atoms with Gasteiger partial charge in [0.15, 0.2) is 17.5 Å². The topological polar surface area (TPSA) is 69.9 Å². The number of nitrogens with zero attached hydrogens (tertiary/aromatic N) is 4. The highest BCUT2D eigenvalue weighted by molar-refractivity contribution is 6.17. The van der Waals surface area contributed by atoms with E-state index in [4.69, 9.17) is 23.8 Å². The summed E-state index contributed by atoms with van der Waals surface area (Å²) in [4.78, 5) is 15.1. The van der Waals surface area contributed by atoms with Gasteiger partial charge in [-0.3, -0.25) is 0 Å². The normalized spacial score (nSPS) is 14.0. The van der Waals surface area contributed by atoms with E-state index in [0.29, 0.717) is 17.5 Å². The molecule has 1 atom stereocenters. The number of aromatic nitrogens is 4. The van der Waals surface area contributed by atoms with Crippen LogP contribution in [0, 0.1) is 0 Å². The number of para-hydroxylation sites is 2. The first-order valence-electron chi connectivity index (χ1n) is 19.3. The summed E-state index contributed by atoms with van der Waals surface area (Å²) in [5.41, 5.74) is 11.0. The number of hydrogen-bond donors (Lipinski definition) is 0. The second kappa shape index (κ2) is 12.5. The number of hydrogen-bond acceptors (Lipinski definition) is 5. The third kappa shape index (κ3) is 5.07. The van der Waals surface area contributed by atoms with Crippen LogP contribution in [-0.4, -0.2) is 19.5 Å². The van der Waals surface area contributed by atoms with E-state index in [-0.39, 0.29) is 6.04 Å². The third-order valence-electron chi connectivity index (χ3n) is 11.4. The minimum atomic E-state index is 0.00619. The van der Waals surface area contributed by atoms with Crippen LogP contribution in [0.15, 0.2) is 179 Å². The maximum atomic E-state index is 6.72. The van der Waals surface area contributed by atoms with Crippen LogP contribution in [0.4, 0.5) is 0 Å². The average molecular weight is 733 g/mol. The van der Waals surface area contributed by atoms with Crippen molar-refractivity contribution in [3.8, 4) is 45.3 Å². The number of allylic oxidation sites excluding steroid dienone is 1. The standard InChI is InChI=1S/C51H32N4O2/c1-3-13-31(14-4-1)33-17-11-18-34(27-33)50-52-49(32-15-5-2-6-16-32)53-51(54-50)35-25-26-38-46(28-35)57-45-24-12-22-42(48(38)45)55-41-21-9-7-19-36(41)39-29-40-37-20-8-10-23-44(37)56-47(40)30-43(39)55/h1-21,23-30,42H,22H2. The highest BCUT2D eigenvalue weighted by Crippen LogP contribution is 2.45. The summed E-state index contributed by atoms with van der Waals surface area (Å²) in [6.07, 6.45) is 5.17. The van der Waals surface area contributed by atoms with Gasteiger partial charge in [0.1, 0.15) is 22.5 Å². The Morgan fingerprint density at radius 3 is 1.89 bits per heavy atom. The second-order valence-electron chi connectivity index (χ2n) is 14.7. The molecule has 268 valence electrons. The summed E-state index contributed by atoms with van der Waals surface area (Å²) in [6, 6.07) is 56.7. The molecule has 4 aromatic heterocycles. The van der Waals surface area contributed by atoms with Gasteiger partial charge in [-0.05, 0) is 54.0 Å². The first-order valence-corrected chi connectivity index (χ1v) is 19.3. The Balaban J connectivity index is 1.01. The molecule has 0 saturated carbocycles. The Hall–Kier alpha value is -7.57. The van der Waals surface area contributed by atoms with Crippen molar-refractivity contribution in [2.45, 2.75) is 12.5 Å². The van der Waals surface area contributed by atoms with Crippen LogP contribution in [0.1, 0.15) is 23.8 Å². The zero-order chi connectivity index (χ0) is 37.5. The lowest BCUT2D eigenvalue weighted by Gasteiger charge is -2.23. The van der Waals surface area contributed by atoms with Gasteiger partial charge in [-0.1, -0.05) is 133 Å². The van der Waals surface area contributed by atoms with Crippen LogP contribution < -0.4 is 0 Å². The summed E-state index contributed by atoms with van der Waals surface area (Å²) in [5, 5.41) is 5.77. The van der Waals surface area contributed by atoms with Crippen LogP contribution in [-0.2, 0) is 0 Å². The molecule has 0 spiro atoms. The van der Waals surface area contributed by atoms with Crippen LogP contribution >= 0.6 is 0 Å². The minimum Gasteiger partial charge on any atom is -0.456 e. The quantitative estimate of drug-likeness (QED) is 0.176. The largest absolute Gasteiger partial charge is 0.456 e. The van der Waals surface area contributed by atoms with Crippen LogP contribution in [0.5, 0.6) is 0 Å². The predicted octanol–water partition coefficient (Wildman–Crippen LogP) is 13.3. The van der Waals surface area contributed by atoms with Gasteiger partial charge >= 0.3 is 0 Å². The number of benzene rings is 7. The van der Waals surface area contributed by atoms with Crippen LogP contribution in [0.2, 0.25) is 0 Å².